The van der Waals surface area contributed by atoms with Crippen molar-refractivity contribution in [3.05, 3.63) is 34.9 Å². The van der Waals surface area contributed by atoms with Crippen LogP contribution in [0.25, 0.3) is 0 Å². The number of primary amides is 1. The molecule has 1 aliphatic heterocycles. The van der Waals surface area contributed by atoms with Crippen molar-refractivity contribution in [1.82, 2.24) is 10.6 Å². The lowest BCUT2D eigenvalue weighted by molar-refractivity contribution is -0.129. The monoisotopic (exact) mass is 309 g/mol. The maximum absolute atomic E-state index is 12.0. The van der Waals surface area contributed by atoms with Crippen LogP contribution in [0.2, 0.25) is 5.02 Å². The second kappa shape index (κ2) is 6.58. The summed E-state index contributed by atoms with van der Waals surface area (Å²) in [5.41, 5.74) is 6.05. The van der Waals surface area contributed by atoms with Crippen molar-refractivity contribution in [2.45, 2.75) is 31.3 Å². The number of hydrogen-bond donors (Lipinski definition) is 3. The zero-order chi connectivity index (χ0) is 15.4. The third-order valence-corrected chi connectivity index (χ3v) is 3.72. The Bertz CT molecular complexity index is 576. The van der Waals surface area contributed by atoms with Gasteiger partial charge >= 0.3 is 0 Å². The number of benzene rings is 1. The zero-order valence-electron chi connectivity index (χ0n) is 11.3. The smallest absolute Gasteiger partial charge is 0.243 e. The van der Waals surface area contributed by atoms with E-state index in [4.69, 9.17) is 17.3 Å². The lowest BCUT2D eigenvalue weighted by atomic mass is 10.0. The summed E-state index contributed by atoms with van der Waals surface area (Å²) in [4.78, 5) is 34.6. The SMILES string of the molecule is NC(=O)[C@H](Cc1ccccc1Cl)NC(=O)[C@H]1CCC(=O)N1. The molecule has 1 fully saturated rings. The Morgan fingerprint density at radius 2 is 2.14 bits per heavy atom. The first-order valence-electron chi connectivity index (χ1n) is 6.60. The lowest BCUT2D eigenvalue weighted by Crippen LogP contribution is -2.51. The van der Waals surface area contributed by atoms with Gasteiger partial charge in [-0.15, -0.1) is 0 Å². The average molecular weight is 310 g/mol. The van der Waals surface area contributed by atoms with E-state index in [1.54, 1.807) is 24.3 Å². The highest BCUT2D eigenvalue weighted by molar-refractivity contribution is 6.31. The minimum absolute atomic E-state index is 0.170. The van der Waals surface area contributed by atoms with Gasteiger partial charge in [0.05, 0.1) is 0 Å². The normalized spacial score (nSPS) is 18.9. The van der Waals surface area contributed by atoms with E-state index in [0.29, 0.717) is 17.9 Å². The van der Waals surface area contributed by atoms with Crippen molar-refractivity contribution in [2.24, 2.45) is 5.73 Å². The van der Waals surface area contributed by atoms with Gasteiger partial charge in [0.25, 0.3) is 0 Å². The molecular formula is C14H16ClN3O3. The molecule has 1 aliphatic rings. The summed E-state index contributed by atoms with van der Waals surface area (Å²) in [7, 11) is 0. The summed E-state index contributed by atoms with van der Waals surface area (Å²) in [6, 6.07) is 5.56. The Labute approximate surface area is 127 Å². The Morgan fingerprint density at radius 1 is 1.43 bits per heavy atom. The molecule has 1 aromatic carbocycles. The maximum Gasteiger partial charge on any atom is 0.243 e. The highest BCUT2D eigenvalue weighted by Crippen LogP contribution is 2.17. The van der Waals surface area contributed by atoms with E-state index in [1.165, 1.54) is 0 Å². The van der Waals surface area contributed by atoms with Gasteiger partial charge in [0.2, 0.25) is 17.7 Å². The molecule has 2 rings (SSSR count). The Morgan fingerprint density at radius 3 is 2.71 bits per heavy atom. The fraction of sp³-hybridized carbons (Fsp3) is 0.357. The van der Waals surface area contributed by atoms with Crippen LogP contribution in [0.5, 0.6) is 0 Å². The van der Waals surface area contributed by atoms with Crippen molar-refractivity contribution in [3.63, 3.8) is 0 Å². The predicted molar refractivity (Wildman–Crippen MR) is 77.4 cm³/mol. The zero-order valence-corrected chi connectivity index (χ0v) is 12.0. The van der Waals surface area contributed by atoms with E-state index in [9.17, 15) is 14.4 Å². The summed E-state index contributed by atoms with van der Waals surface area (Å²) in [6.45, 7) is 0. The molecule has 0 unspecified atom stereocenters. The van der Waals surface area contributed by atoms with Crippen LogP contribution in [0.3, 0.4) is 0 Å². The van der Waals surface area contributed by atoms with Crippen LogP contribution >= 0.6 is 11.6 Å². The van der Waals surface area contributed by atoms with Crippen molar-refractivity contribution < 1.29 is 14.4 Å². The van der Waals surface area contributed by atoms with Crippen molar-refractivity contribution in [1.29, 1.82) is 0 Å². The van der Waals surface area contributed by atoms with Gasteiger partial charge in [-0.3, -0.25) is 14.4 Å². The Hall–Kier alpha value is -2.08. The van der Waals surface area contributed by atoms with Crippen LogP contribution in [-0.2, 0) is 20.8 Å². The molecule has 7 heteroatoms. The molecule has 0 spiro atoms. The van der Waals surface area contributed by atoms with Crippen LogP contribution in [0.1, 0.15) is 18.4 Å². The molecule has 3 amide bonds. The minimum atomic E-state index is -0.866. The van der Waals surface area contributed by atoms with Gasteiger partial charge in [-0.05, 0) is 18.1 Å². The van der Waals surface area contributed by atoms with Gasteiger partial charge in [0, 0.05) is 17.9 Å². The lowest BCUT2D eigenvalue weighted by Gasteiger charge is -2.18. The summed E-state index contributed by atoms with van der Waals surface area (Å²) in [6.07, 6.45) is 0.938. The number of hydrogen-bond acceptors (Lipinski definition) is 3. The highest BCUT2D eigenvalue weighted by atomic mass is 35.5. The largest absolute Gasteiger partial charge is 0.368 e. The quantitative estimate of drug-likeness (QED) is 0.720. The fourth-order valence-corrected chi connectivity index (χ4v) is 2.40. The van der Waals surface area contributed by atoms with Gasteiger partial charge in [0.15, 0.2) is 0 Å². The first-order chi connectivity index (χ1) is 9.97. The second-order valence-electron chi connectivity index (χ2n) is 4.92. The van der Waals surface area contributed by atoms with E-state index >= 15 is 0 Å². The molecule has 1 heterocycles. The topological polar surface area (TPSA) is 101 Å². The van der Waals surface area contributed by atoms with Crippen LogP contribution in [0.15, 0.2) is 24.3 Å². The van der Waals surface area contributed by atoms with E-state index in [0.717, 1.165) is 5.56 Å². The number of nitrogens with two attached hydrogens (primary N) is 1. The van der Waals surface area contributed by atoms with Crippen molar-refractivity contribution in [2.75, 3.05) is 0 Å². The summed E-state index contributed by atoms with van der Waals surface area (Å²) < 4.78 is 0. The van der Waals surface area contributed by atoms with Crippen LogP contribution in [0.4, 0.5) is 0 Å². The molecule has 6 nitrogen and oxygen atoms in total. The second-order valence-corrected chi connectivity index (χ2v) is 5.33. The van der Waals surface area contributed by atoms with Crippen molar-refractivity contribution >= 4 is 29.3 Å². The molecule has 0 aliphatic carbocycles. The van der Waals surface area contributed by atoms with Crippen LogP contribution in [0, 0.1) is 0 Å². The van der Waals surface area contributed by atoms with Crippen LogP contribution in [-0.4, -0.2) is 29.8 Å². The molecule has 0 saturated carbocycles. The number of halogens is 1. The number of nitrogens with one attached hydrogen (secondary N) is 2. The predicted octanol–water partition coefficient (Wildman–Crippen LogP) is 0.131. The summed E-state index contributed by atoms with van der Waals surface area (Å²) >= 11 is 6.03. The number of carbonyl (C=O) groups excluding carboxylic acids is 3. The van der Waals surface area contributed by atoms with E-state index in [2.05, 4.69) is 10.6 Å². The molecule has 1 aromatic rings. The summed E-state index contributed by atoms with van der Waals surface area (Å²) in [5, 5.41) is 5.62. The van der Waals surface area contributed by atoms with E-state index in [-0.39, 0.29) is 12.3 Å². The van der Waals surface area contributed by atoms with Gasteiger partial charge in [0.1, 0.15) is 12.1 Å². The number of rotatable bonds is 5. The minimum Gasteiger partial charge on any atom is -0.368 e. The van der Waals surface area contributed by atoms with Gasteiger partial charge in [-0.25, -0.2) is 0 Å². The van der Waals surface area contributed by atoms with Gasteiger partial charge in [-0.2, -0.15) is 0 Å². The van der Waals surface area contributed by atoms with Gasteiger partial charge < -0.3 is 16.4 Å². The fourth-order valence-electron chi connectivity index (χ4n) is 2.19. The first-order valence-corrected chi connectivity index (χ1v) is 6.97. The third kappa shape index (κ3) is 3.95. The van der Waals surface area contributed by atoms with Crippen LogP contribution < -0.4 is 16.4 Å². The average Bonchev–Trinajstić information content (AvgIpc) is 2.87. The molecule has 1 saturated heterocycles. The van der Waals surface area contributed by atoms with Crippen molar-refractivity contribution in [3.8, 4) is 0 Å². The highest BCUT2D eigenvalue weighted by Gasteiger charge is 2.30. The third-order valence-electron chi connectivity index (χ3n) is 3.35. The molecule has 0 bridgehead atoms. The number of carbonyl (C=O) groups is 3. The first kappa shape index (κ1) is 15.3. The standard InChI is InChI=1S/C14H16ClN3O3/c15-9-4-2-1-3-8(9)7-11(13(16)20)18-14(21)10-5-6-12(19)17-10/h1-4,10-11H,5-7H2,(H2,16,20)(H,17,19)(H,18,21)/t10-,11+/m1/s1. The number of amides is 3. The van der Waals surface area contributed by atoms with E-state index in [1.807, 2.05) is 0 Å². The molecule has 0 aromatic heterocycles. The van der Waals surface area contributed by atoms with E-state index < -0.39 is 23.9 Å². The molecular weight excluding hydrogens is 294 g/mol. The molecule has 112 valence electrons. The maximum atomic E-state index is 12.0. The summed E-state index contributed by atoms with van der Waals surface area (Å²) in [5.74, 6) is -1.22. The Kier molecular flexibility index (Phi) is 4.80. The van der Waals surface area contributed by atoms with Gasteiger partial charge in [-0.1, -0.05) is 29.8 Å². The molecule has 21 heavy (non-hydrogen) atoms. The molecule has 2 atom stereocenters. The molecule has 4 N–H and O–H groups in total. The molecule has 0 radical (unpaired) electrons. The Balaban J connectivity index is 2.03.